The second-order valence-corrected chi connectivity index (χ2v) is 5.88. The quantitative estimate of drug-likeness (QED) is 0.608. The average molecular weight is 179 g/mol. The maximum Gasteiger partial charge on any atom is 0.0101 e. The number of nitrogens with two attached hydrogens (primary N) is 1. The third-order valence-corrected chi connectivity index (χ3v) is 5.15. The van der Waals surface area contributed by atoms with Gasteiger partial charge in [-0.1, -0.05) is 12.8 Å². The van der Waals surface area contributed by atoms with E-state index in [1.165, 1.54) is 57.8 Å². The lowest BCUT2D eigenvalue weighted by atomic mass is 9.65. The summed E-state index contributed by atoms with van der Waals surface area (Å²) in [5.41, 5.74) is 7.75. The van der Waals surface area contributed by atoms with Crippen molar-refractivity contribution >= 4 is 0 Å². The highest BCUT2D eigenvalue weighted by molar-refractivity contribution is 5.06. The lowest BCUT2D eigenvalue weighted by molar-refractivity contribution is 0.111. The molecule has 1 atom stereocenters. The van der Waals surface area contributed by atoms with Crippen LogP contribution in [0.2, 0.25) is 0 Å². The first-order chi connectivity index (χ1) is 6.25. The van der Waals surface area contributed by atoms with Crippen LogP contribution in [0.5, 0.6) is 0 Å². The monoisotopic (exact) mass is 179 g/mol. The van der Waals surface area contributed by atoms with Crippen molar-refractivity contribution in [2.75, 3.05) is 0 Å². The predicted molar refractivity (Wildman–Crippen MR) is 54.4 cm³/mol. The molecule has 3 aliphatic rings. The van der Waals surface area contributed by atoms with Gasteiger partial charge < -0.3 is 5.73 Å². The van der Waals surface area contributed by atoms with Gasteiger partial charge in [0.2, 0.25) is 0 Å². The third-order valence-electron chi connectivity index (χ3n) is 5.15. The topological polar surface area (TPSA) is 26.0 Å². The summed E-state index contributed by atoms with van der Waals surface area (Å²) in [6, 6.07) is 0.547. The second-order valence-electron chi connectivity index (χ2n) is 5.88. The lowest BCUT2D eigenvalue weighted by Gasteiger charge is -2.43. The highest BCUT2D eigenvalue weighted by Gasteiger charge is 2.53. The zero-order chi connectivity index (χ0) is 8.94. The Morgan fingerprint density at radius 3 is 2.00 bits per heavy atom. The molecule has 13 heavy (non-hydrogen) atoms. The minimum Gasteiger partial charge on any atom is -0.327 e. The molecule has 0 aliphatic heterocycles. The van der Waals surface area contributed by atoms with Gasteiger partial charge in [0.1, 0.15) is 0 Å². The summed E-state index contributed by atoms with van der Waals surface area (Å²) in [6.45, 7) is 0. The van der Waals surface area contributed by atoms with Crippen LogP contribution in [0.25, 0.3) is 0 Å². The van der Waals surface area contributed by atoms with Crippen LogP contribution in [0.1, 0.15) is 57.8 Å². The summed E-state index contributed by atoms with van der Waals surface area (Å²) in [7, 11) is 0. The first-order valence-electron chi connectivity index (χ1n) is 6.01. The Labute approximate surface area is 81.1 Å². The highest BCUT2D eigenvalue weighted by atomic mass is 14.8. The minimum absolute atomic E-state index is 0.547. The van der Waals surface area contributed by atoms with E-state index in [0.29, 0.717) is 11.5 Å². The van der Waals surface area contributed by atoms with Crippen molar-refractivity contribution in [2.45, 2.75) is 63.8 Å². The van der Waals surface area contributed by atoms with Crippen LogP contribution in [-0.2, 0) is 0 Å². The van der Waals surface area contributed by atoms with E-state index in [9.17, 15) is 0 Å². The fourth-order valence-electron chi connectivity index (χ4n) is 3.82. The normalized spacial score (nSPS) is 39.9. The maximum atomic E-state index is 6.39. The van der Waals surface area contributed by atoms with Crippen LogP contribution < -0.4 is 5.73 Å². The molecule has 2 N–H and O–H groups in total. The largest absolute Gasteiger partial charge is 0.327 e. The van der Waals surface area contributed by atoms with Crippen LogP contribution in [0.4, 0.5) is 0 Å². The molecule has 0 saturated heterocycles. The molecule has 3 rings (SSSR count). The van der Waals surface area contributed by atoms with E-state index in [2.05, 4.69) is 0 Å². The third kappa shape index (κ3) is 1.16. The molecule has 0 aromatic rings. The van der Waals surface area contributed by atoms with Gasteiger partial charge in [-0.15, -0.1) is 0 Å². The molecule has 3 aliphatic carbocycles. The molecule has 0 bridgehead atoms. The van der Waals surface area contributed by atoms with Gasteiger partial charge in [-0.25, -0.2) is 0 Å². The average Bonchev–Trinajstić information content (AvgIpc) is 2.71. The Morgan fingerprint density at radius 1 is 0.846 bits per heavy atom. The Morgan fingerprint density at radius 2 is 1.46 bits per heavy atom. The van der Waals surface area contributed by atoms with Gasteiger partial charge in [0.05, 0.1) is 0 Å². The Balaban J connectivity index is 1.77. The van der Waals surface area contributed by atoms with Crippen molar-refractivity contribution in [3.8, 4) is 0 Å². The fourth-order valence-corrected chi connectivity index (χ4v) is 3.82. The summed E-state index contributed by atoms with van der Waals surface area (Å²) >= 11 is 0. The standard InChI is InChI=1S/C12H21N/c13-10-9-11(5-6-11)7-8-12(10)3-1-2-4-12/h10H,1-9,13H2. The van der Waals surface area contributed by atoms with Crippen molar-refractivity contribution in [2.24, 2.45) is 16.6 Å². The van der Waals surface area contributed by atoms with E-state index in [1.807, 2.05) is 0 Å². The van der Waals surface area contributed by atoms with Crippen molar-refractivity contribution in [3.05, 3.63) is 0 Å². The number of hydrogen-bond donors (Lipinski definition) is 1. The van der Waals surface area contributed by atoms with E-state index in [0.717, 1.165) is 5.41 Å². The minimum atomic E-state index is 0.547. The van der Waals surface area contributed by atoms with Crippen LogP contribution in [-0.4, -0.2) is 6.04 Å². The molecule has 3 saturated carbocycles. The van der Waals surface area contributed by atoms with Crippen molar-refractivity contribution in [1.82, 2.24) is 0 Å². The lowest BCUT2D eigenvalue weighted by Crippen LogP contribution is -2.45. The molecule has 0 radical (unpaired) electrons. The molecule has 2 spiro atoms. The van der Waals surface area contributed by atoms with Gasteiger partial charge in [-0.05, 0) is 55.8 Å². The van der Waals surface area contributed by atoms with Crippen LogP contribution in [0.15, 0.2) is 0 Å². The molecule has 1 heteroatoms. The molecule has 74 valence electrons. The molecule has 1 unspecified atom stereocenters. The van der Waals surface area contributed by atoms with Gasteiger partial charge in [0, 0.05) is 6.04 Å². The molecular weight excluding hydrogens is 158 g/mol. The van der Waals surface area contributed by atoms with E-state index >= 15 is 0 Å². The summed E-state index contributed by atoms with van der Waals surface area (Å²) in [5, 5.41) is 0. The maximum absolute atomic E-state index is 6.39. The van der Waals surface area contributed by atoms with Crippen molar-refractivity contribution in [3.63, 3.8) is 0 Å². The van der Waals surface area contributed by atoms with Crippen molar-refractivity contribution in [1.29, 1.82) is 0 Å². The molecule has 0 heterocycles. The van der Waals surface area contributed by atoms with E-state index in [4.69, 9.17) is 5.73 Å². The Kier molecular flexibility index (Phi) is 1.59. The first-order valence-corrected chi connectivity index (χ1v) is 6.01. The van der Waals surface area contributed by atoms with Gasteiger partial charge in [-0.2, -0.15) is 0 Å². The fraction of sp³-hybridized carbons (Fsp3) is 1.00. The predicted octanol–water partition coefficient (Wildman–Crippen LogP) is 2.84. The van der Waals surface area contributed by atoms with E-state index in [-0.39, 0.29) is 0 Å². The van der Waals surface area contributed by atoms with E-state index < -0.39 is 0 Å². The smallest absolute Gasteiger partial charge is 0.0101 e. The zero-order valence-electron chi connectivity index (χ0n) is 8.52. The molecular formula is C12H21N. The van der Waals surface area contributed by atoms with Crippen molar-refractivity contribution < 1.29 is 0 Å². The molecule has 3 fully saturated rings. The molecule has 0 aromatic carbocycles. The zero-order valence-corrected chi connectivity index (χ0v) is 8.52. The summed E-state index contributed by atoms with van der Waals surface area (Å²) < 4.78 is 0. The Bertz CT molecular complexity index is 211. The molecule has 0 aromatic heterocycles. The summed E-state index contributed by atoms with van der Waals surface area (Å²) in [6.07, 6.45) is 13.0. The summed E-state index contributed by atoms with van der Waals surface area (Å²) in [5.74, 6) is 0. The molecule has 0 amide bonds. The molecule has 1 nitrogen and oxygen atoms in total. The highest BCUT2D eigenvalue weighted by Crippen LogP contribution is 2.62. The van der Waals surface area contributed by atoms with Crippen LogP contribution >= 0.6 is 0 Å². The van der Waals surface area contributed by atoms with E-state index in [1.54, 1.807) is 0 Å². The number of hydrogen-bond acceptors (Lipinski definition) is 1. The van der Waals surface area contributed by atoms with Crippen LogP contribution in [0, 0.1) is 10.8 Å². The van der Waals surface area contributed by atoms with Gasteiger partial charge in [-0.3, -0.25) is 0 Å². The second kappa shape index (κ2) is 2.50. The Hall–Kier alpha value is -0.0400. The van der Waals surface area contributed by atoms with Gasteiger partial charge in [0.15, 0.2) is 0 Å². The summed E-state index contributed by atoms with van der Waals surface area (Å²) in [4.78, 5) is 0. The number of rotatable bonds is 0. The van der Waals surface area contributed by atoms with Gasteiger partial charge in [0.25, 0.3) is 0 Å². The SMILES string of the molecule is NC1CC2(CC2)CCC12CCCC2. The van der Waals surface area contributed by atoms with Crippen LogP contribution in [0.3, 0.4) is 0 Å². The van der Waals surface area contributed by atoms with Gasteiger partial charge >= 0.3 is 0 Å². The first kappa shape index (κ1) is 8.28.